The zero-order valence-electron chi connectivity index (χ0n) is 12.7. The lowest BCUT2D eigenvalue weighted by Gasteiger charge is -2.19. The van der Waals surface area contributed by atoms with E-state index in [9.17, 15) is 4.79 Å². The Morgan fingerprint density at radius 3 is 3.04 bits per heavy atom. The fourth-order valence-electron chi connectivity index (χ4n) is 2.39. The number of amides is 1. The maximum Gasteiger partial charge on any atom is 0.256 e. The Hall–Kier alpha value is -2.87. The number of benzene rings is 1. The summed E-state index contributed by atoms with van der Waals surface area (Å²) in [5.74, 6) is 1.05. The van der Waals surface area contributed by atoms with E-state index in [0.717, 1.165) is 27.0 Å². The molecule has 0 fully saturated rings. The minimum absolute atomic E-state index is 0.204. The van der Waals surface area contributed by atoms with E-state index in [2.05, 4.69) is 25.8 Å². The van der Waals surface area contributed by atoms with Crippen LogP contribution in [0.25, 0.3) is 0 Å². The summed E-state index contributed by atoms with van der Waals surface area (Å²) in [5.41, 5.74) is 2.39. The molecule has 2 N–H and O–H groups in total. The molecule has 0 aliphatic carbocycles. The Balaban J connectivity index is 1.49. The summed E-state index contributed by atoms with van der Waals surface area (Å²) in [7, 11) is 0. The van der Waals surface area contributed by atoms with Crippen molar-refractivity contribution >= 4 is 29.2 Å². The Morgan fingerprint density at radius 2 is 2.21 bits per heavy atom. The number of carbonyl (C=O) groups is 1. The second-order valence-corrected chi connectivity index (χ2v) is 6.28. The van der Waals surface area contributed by atoms with Crippen molar-refractivity contribution in [2.45, 2.75) is 23.4 Å². The van der Waals surface area contributed by atoms with Crippen molar-refractivity contribution < 1.29 is 9.32 Å². The van der Waals surface area contributed by atoms with Crippen molar-refractivity contribution in [3.63, 3.8) is 0 Å². The zero-order valence-corrected chi connectivity index (χ0v) is 13.6. The van der Waals surface area contributed by atoms with Gasteiger partial charge in [0.2, 0.25) is 0 Å². The van der Waals surface area contributed by atoms with Crippen LogP contribution >= 0.6 is 11.8 Å². The quantitative estimate of drug-likeness (QED) is 0.593. The van der Waals surface area contributed by atoms with Crippen LogP contribution in [-0.2, 0) is 6.54 Å². The molecule has 24 heavy (non-hydrogen) atoms. The molecule has 1 aromatic carbocycles. The Labute approximate surface area is 141 Å². The van der Waals surface area contributed by atoms with Crippen LogP contribution in [0.3, 0.4) is 0 Å². The largest absolute Gasteiger partial charge is 0.361 e. The van der Waals surface area contributed by atoms with E-state index in [1.165, 1.54) is 6.20 Å². The predicted octanol–water partition coefficient (Wildman–Crippen LogP) is 2.91. The number of anilines is 2. The third-order valence-corrected chi connectivity index (χ3v) is 4.68. The van der Waals surface area contributed by atoms with Gasteiger partial charge in [0.15, 0.2) is 5.82 Å². The number of aromatic nitrogens is 3. The molecule has 0 saturated carbocycles. The Kier molecular flexibility index (Phi) is 3.66. The van der Waals surface area contributed by atoms with Crippen LogP contribution in [0, 0.1) is 6.92 Å². The summed E-state index contributed by atoms with van der Waals surface area (Å²) in [6.45, 7) is 2.12. The minimum Gasteiger partial charge on any atom is -0.361 e. The van der Waals surface area contributed by atoms with Crippen LogP contribution in [0.4, 0.5) is 11.5 Å². The van der Waals surface area contributed by atoms with Gasteiger partial charge in [-0.3, -0.25) is 4.79 Å². The molecule has 0 spiro atoms. The molecule has 7 nitrogen and oxygen atoms in total. The molecule has 3 aromatic rings. The van der Waals surface area contributed by atoms with Crippen LogP contribution in [-0.4, -0.2) is 21.0 Å². The van der Waals surface area contributed by atoms with Crippen molar-refractivity contribution in [2.75, 3.05) is 5.32 Å². The molecule has 4 rings (SSSR count). The van der Waals surface area contributed by atoms with E-state index in [-0.39, 0.29) is 5.91 Å². The van der Waals surface area contributed by atoms with Gasteiger partial charge >= 0.3 is 0 Å². The lowest BCUT2D eigenvalue weighted by Crippen LogP contribution is -2.23. The number of nitrogens with zero attached hydrogens (tertiary/aromatic N) is 3. The summed E-state index contributed by atoms with van der Waals surface area (Å²) in [6.07, 6.45) is 4.75. The van der Waals surface area contributed by atoms with Gasteiger partial charge in [-0.05, 0) is 24.6 Å². The highest BCUT2D eigenvalue weighted by atomic mass is 32.2. The average Bonchev–Trinajstić information content (AvgIpc) is 3.03. The summed E-state index contributed by atoms with van der Waals surface area (Å²) in [6, 6.07) is 5.99. The molecule has 0 radical (unpaired) electrons. The molecule has 1 amide bonds. The summed E-state index contributed by atoms with van der Waals surface area (Å²) in [5, 5.41) is 10.6. The van der Waals surface area contributed by atoms with Gasteiger partial charge in [-0.15, -0.1) is 0 Å². The second kappa shape index (κ2) is 5.97. The zero-order chi connectivity index (χ0) is 16.5. The van der Waals surface area contributed by atoms with Gasteiger partial charge < -0.3 is 15.2 Å². The van der Waals surface area contributed by atoms with Gasteiger partial charge in [-0.2, -0.15) is 0 Å². The molecular weight excluding hydrogens is 326 g/mol. The van der Waals surface area contributed by atoms with Crippen LogP contribution in [0.5, 0.6) is 0 Å². The highest BCUT2D eigenvalue weighted by Crippen LogP contribution is 2.41. The number of fused-ring (bicyclic) bond motifs is 2. The Morgan fingerprint density at radius 1 is 1.33 bits per heavy atom. The van der Waals surface area contributed by atoms with Crippen LogP contribution in [0.15, 0.2) is 51.2 Å². The lowest BCUT2D eigenvalue weighted by atomic mass is 10.2. The lowest BCUT2D eigenvalue weighted by molar-refractivity contribution is 0.0949. The standard InChI is InChI=1S/C16H13N5O2S/c1-9-11(8-20-23-9)15(22)19-7-10-2-3-13-12(6-10)21-14-16(24-13)18-5-4-17-14/h2-6,8H,7H2,1H3,(H,17,21)(H,19,22). The normalized spacial score (nSPS) is 12.0. The van der Waals surface area contributed by atoms with Gasteiger partial charge in [0.1, 0.15) is 16.3 Å². The molecule has 1 aliphatic heterocycles. The molecule has 0 atom stereocenters. The number of nitrogens with one attached hydrogen (secondary N) is 2. The number of aryl methyl sites for hydroxylation is 1. The minimum atomic E-state index is -0.204. The SMILES string of the molecule is Cc1oncc1C(=O)NCc1ccc2c(c1)Nc1nccnc1S2. The van der Waals surface area contributed by atoms with Crippen LogP contribution in [0.1, 0.15) is 21.7 Å². The van der Waals surface area contributed by atoms with Crippen molar-refractivity contribution in [1.82, 2.24) is 20.4 Å². The fraction of sp³-hybridized carbons (Fsp3) is 0.125. The maximum absolute atomic E-state index is 12.1. The number of hydrogen-bond acceptors (Lipinski definition) is 7. The molecule has 1 aliphatic rings. The number of rotatable bonds is 3. The molecule has 3 heterocycles. The van der Waals surface area contributed by atoms with E-state index in [0.29, 0.717) is 17.9 Å². The molecule has 0 bridgehead atoms. The monoisotopic (exact) mass is 339 g/mol. The van der Waals surface area contributed by atoms with Crippen molar-refractivity contribution in [3.8, 4) is 0 Å². The van der Waals surface area contributed by atoms with E-state index in [1.807, 2.05) is 18.2 Å². The van der Waals surface area contributed by atoms with Gasteiger partial charge in [-0.25, -0.2) is 9.97 Å². The first-order valence-electron chi connectivity index (χ1n) is 7.29. The third kappa shape index (κ3) is 2.71. The first kappa shape index (κ1) is 14.7. The summed E-state index contributed by atoms with van der Waals surface area (Å²) < 4.78 is 4.91. The van der Waals surface area contributed by atoms with E-state index < -0.39 is 0 Å². The van der Waals surface area contributed by atoms with Crippen molar-refractivity contribution in [1.29, 1.82) is 0 Å². The van der Waals surface area contributed by atoms with Crippen LogP contribution in [0.2, 0.25) is 0 Å². The first-order valence-corrected chi connectivity index (χ1v) is 8.10. The molecule has 120 valence electrons. The van der Waals surface area contributed by atoms with Gasteiger partial charge in [-0.1, -0.05) is 23.0 Å². The predicted molar refractivity (Wildman–Crippen MR) is 88.3 cm³/mol. The summed E-state index contributed by atoms with van der Waals surface area (Å²) >= 11 is 1.57. The first-order chi connectivity index (χ1) is 11.7. The van der Waals surface area contributed by atoms with Crippen LogP contribution < -0.4 is 10.6 Å². The average molecular weight is 339 g/mol. The highest BCUT2D eigenvalue weighted by Gasteiger charge is 2.18. The van der Waals surface area contributed by atoms with Gasteiger partial charge in [0.25, 0.3) is 5.91 Å². The van der Waals surface area contributed by atoms with E-state index >= 15 is 0 Å². The Bertz CT molecular complexity index is 924. The molecule has 0 saturated heterocycles. The van der Waals surface area contributed by atoms with Gasteiger partial charge in [0.05, 0.1) is 11.9 Å². The maximum atomic E-state index is 12.1. The van der Waals surface area contributed by atoms with Gasteiger partial charge in [0, 0.05) is 23.8 Å². The number of carbonyl (C=O) groups excluding carboxylic acids is 1. The summed E-state index contributed by atoms with van der Waals surface area (Å²) in [4.78, 5) is 21.8. The highest BCUT2D eigenvalue weighted by molar-refractivity contribution is 7.99. The van der Waals surface area contributed by atoms with E-state index in [1.54, 1.807) is 31.1 Å². The topological polar surface area (TPSA) is 92.9 Å². The van der Waals surface area contributed by atoms with Crippen molar-refractivity contribution in [2.24, 2.45) is 0 Å². The van der Waals surface area contributed by atoms with Crippen molar-refractivity contribution in [3.05, 3.63) is 53.7 Å². The number of hydrogen-bond donors (Lipinski definition) is 2. The molecule has 2 aromatic heterocycles. The smallest absolute Gasteiger partial charge is 0.256 e. The molecule has 8 heteroatoms. The fourth-order valence-corrected chi connectivity index (χ4v) is 3.26. The van der Waals surface area contributed by atoms with E-state index in [4.69, 9.17) is 4.52 Å². The molecule has 0 unspecified atom stereocenters. The molecular formula is C16H13N5O2S. The second-order valence-electron chi connectivity index (χ2n) is 5.25. The third-order valence-electron chi connectivity index (χ3n) is 3.62.